The zero-order chi connectivity index (χ0) is 48.3. The largest absolute Gasteiger partial charge is 0.332 e. The van der Waals surface area contributed by atoms with E-state index in [1.54, 1.807) is 0 Å². The summed E-state index contributed by atoms with van der Waals surface area (Å²) in [5.41, 5.74) is 0. The molecule has 402 valence electrons. The Bertz CT molecular complexity index is 605. The Morgan fingerprint density at radius 3 is 0.308 bits per heavy atom. The molecular formula is C36H72Br12NiO12P4. The van der Waals surface area contributed by atoms with Crippen LogP contribution in [0.15, 0.2) is 0 Å². The summed E-state index contributed by atoms with van der Waals surface area (Å²) in [4.78, 5) is 0. The van der Waals surface area contributed by atoms with Crippen LogP contribution in [0.2, 0.25) is 0 Å². The molecular weight excluding hydrogens is 1770 g/mol. The van der Waals surface area contributed by atoms with Gasteiger partial charge in [0.15, 0.2) is 0 Å². The van der Waals surface area contributed by atoms with Gasteiger partial charge in [0.2, 0.25) is 0 Å². The van der Waals surface area contributed by atoms with Crippen molar-refractivity contribution in [2.45, 2.75) is 77.0 Å². The molecule has 0 aromatic rings. The minimum Gasteiger partial charge on any atom is -0.312 e. The van der Waals surface area contributed by atoms with Gasteiger partial charge in [-0.2, -0.15) is 0 Å². The van der Waals surface area contributed by atoms with Crippen molar-refractivity contribution in [1.29, 1.82) is 0 Å². The van der Waals surface area contributed by atoms with Crippen molar-refractivity contribution in [3.05, 3.63) is 0 Å². The first-order chi connectivity index (χ1) is 31.4. The first-order valence-corrected chi connectivity index (χ1v) is 38.7. The van der Waals surface area contributed by atoms with Gasteiger partial charge in [-0.25, -0.2) is 0 Å². The Morgan fingerprint density at radius 2 is 0.246 bits per heavy atom. The molecule has 0 saturated heterocycles. The fourth-order valence-corrected chi connectivity index (χ4v) is 9.75. The molecule has 0 aromatic heterocycles. The van der Waals surface area contributed by atoms with Crippen LogP contribution in [0.3, 0.4) is 0 Å². The topological polar surface area (TPSA) is 111 Å². The number of halogens is 12. The molecule has 0 unspecified atom stereocenters. The Kier molecular flexibility index (Phi) is 97.6. The van der Waals surface area contributed by atoms with Gasteiger partial charge >= 0.3 is 34.4 Å². The van der Waals surface area contributed by atoms with Crippen LogP contribution in [-0.2, 0) is 70.8 Å². The predicted octanol–water partition coefficient (Wildman–Crippen LogP) is 18.5. The molecule has 0 aliphatic heterocycles. The molecule has 0 fully saturated rings. The van der Waals surface area contributed by atoms with E-state index in [1.807, 2.05) is 0 Å². The van der Waals surface area contributed by atoms with Gasteiger partial charge in [0, 0.05) is 80.5 Å². The van der Waals surface area contributed by atoms with Crippen LogP contribution in [0.1, 0.15) is 77.0 Å². The Hall–Kier alpha value is 7.49. The average Bonchev–Trinajstić information content (AvgIpc) is 3.30. The van der Waals surface area contributed by atoms with Crippen molar-refractivity contribution in [3.63, 3.8) is 0 Å². The van der Waals surface area contributed by atoms with E-state index >= 15 is 0 Å². The quantitative estimate of drug-likeness (QED) is 0.0250. The fraction of sp³-hybridized carbons (Fsp3) is 1.00. The molecule has 0 rings (SSSR count). The summed E-state index contributed by atoms with van der Waals surface area (Å²) in [6.07, 6.45) is 11.7. The van der Waals surface area contributed by atoms with E-state index in [2.05, 4.69) is 191 Å². The zero-order valence-electron chi connectivity index (χ0n) is 37.0. The van der Waals surface area contributed by atoms with Crippen molar-refractivity contribution >= 4 is 226 Å². The van der Waals surface area contributed by atoms with E-state index in [0.29, 0.717) is 79.3 Å². The third-order valence-electron chi connectivity index (χ3n) is 5.70. The average molecular weight is 1840 g/mol. The van der Waals surface area contributed by atoms with Gasteiger partial charge in [0.05, 0.1) is 79.3 Å². The van der Waals surface area contributed by atoms with Gasteiger partial charge in [0.25, 0.3) is 0 Å². The number of hydrogen-bond acceptors (Lipinski definition) is 12. The maximum atomic E-state index is 5.54. The second kappa shape index (κ2) is 78.0. The number of alkyl halides is 12. The Balaban J connectivity index is -0.000000245. The molecule has 0 amide bonds. The molecule has 0 aromatic carbocycles. The molecule has 0 N–H and O–H groups in total. The number of hydrogen-bond donors (Lipinski definition) is 0. The van der Waals surface area contributed by atoms with Crippen molar-refractivity contribution in [1.82, 2.24) is 0 Å². The van der Waals surface area contributed by atoms with E-state index in [9.17, 15) is 0 Å². The summed E-state index contributed by atoms with van der Waals surface area (Å²) >= 11 is 40.3. The third kappa shape index (κ3) is 75.8. The van der Waals surface area contributed by atoms with Crippen molar-refractivity contribution in [3.8, 4) is 0 Å². The third-order valence-corrected chi connectivity index (χ3v) is 17.1. The summed E-state index contributed by atoms with van der Waals surface area (Å²) in [7, 11) is -4.63. The van der Waals surface area contributed by atoms with Crippen LogP contribution in [-0.4, -0.2) is 143 Å². The predicted molar refractivity (Wildman–Crippen MR) is 320 cm³/mol. The smallest absolute Gasteiger partial charge is 0.312 e. The van der Waals surface area contributed by atoms with E-state index in [1.165, 1.54) is 0 Å². The summed E-state index contributed by atoms with van der Waals surface area (Å²) < 4.78 is 66.4. The van der Waals surface area contributed by atoms with Crippen molar-refractivity contribution in [2.75, 3.05) is 143 Å². The van der Waals surface area contributed by atoms with Crippen LogP contribution >= 0.6 is 226 Å². The maximum absolute atomic E-state index is 5.54. The molecule has 0 saturated carbocycles. The van der Waals surface area contributed by atoms with Gasteiger partial charge in [-0.1, -0.05) is 191 Å². The fourth-order valence-electron chi connectivity index (χ4n) is 2.77. The molecule has 0 aliphatic carbocycles. The molecule has 12 nitrogen and oxygen atoms in total. The van der Waals surface area contributed by atoms with Crippen LogP contribution in [0.5, 0.6) is 0 Å². The summed E-state index contributed by atoms with van der Waals surface area (Å²) in [5, 5.41) is 11.3. The monoisotopic (exact) mass is 1830 g/mol. The first-order valence-electron chi connectivity index (χ1n) is 20.9. The molecule has 0 aliphatic rings. The minimum absolute atomic E-state index is 0. The van der Waals surface area contributed by atoms with Crippen LogP contribution in [0.25, 0.3) is 0 Å². The standard InChI is InChI=1S/4C9H18Br3O3P.Ni/c4*10-4-1-7-13-16(14-8-2-5-11)15-9-3-6-12;/h4*1-9H2;. The molecule has 0 atom stereocenters. The van der Waals surface area contributed by atoms with Gasteiger partial charge in [-0.15, -0.1) is 0 Å². The van der Waals surface area contributed by atoms with Crippen molar-refractivity contribution < 1.29 is 70.8 Å². The molecule has 0 radical (unpaired) electrons. The molecule has 0 heterocycles. The van der Waals surface area contributed by atoms with Gasteiger partial charge in [0.1, 0.15) is 0 Å². The molecule has 0 bridgehead atoms. The van der Waals surface area contributed by atoms with E-state index in [0.717, 1.165) is 141 Å². The molecule has 0 spiro atoms. The van der Waals surface area contributed by atoms with Crippen LogP contribution in [0.4, 0.5) is 0 Å². The normalized spacial score (nSPS) is 11.1. The second-order valence-corrected chi connectivity index (χ2v) is 25.8. The SMILES string of the molecule is BrCCCOP(OCCCBr)OCCCBr.BrCCCOP(OCCCBr)OCCCBr.BrCCCOP(OCCCBr)OCCCBr.BrCCCOP(OCCCBr)OCCCBr.[Ni]. The first kappa shape index (κ1) is 81.3. The van der Waals surface area contributed by atoms with Crippen molar-refractivity contribution in [2.24, 2.45) is 0 Å². The Labute approximate surface area is 509 Å². The molecule has 29 heteroatoms. The van der Waals surface area contributed by atoms with Gasteiger partial charge < -0.3 is 54.3 Å². The van der Waals surface area contributed by atoms with Crippen LogP contribution < -0.4 is 0 Å². The minimum atomic E-state index is -1.16. The van der Waals surface area contributed by atoms with E-state index in [4.69, 9.17) is 54.3 Å². The molecule has 65 heavy (non-hydrogen) atoms. The summed E-state index contributed by atoms with van der Waals surface area (Å²) in [6.45, 7) is 8.16. The maximum Gasteiger partial charge on any atom is 0.332 e. The summed E-state index contributed by atoms with van der Waals surface area (Å²) in [6, 6.07) is 0. The van der Waals surface area contributed by atoms with E-state index < -0.39 is 34.4 Å². The summed E-state index contributed by atoms with van der Waals surface area (Å²) in [5.74, 6) is 0. The van der Waals surface area contributed by atoms with Crippen LogP contribution in [0, 0.1) is 0 Å². The van der Waals surface area contributed by atoms with E-state index in [-0.39, 0.29) is 16.5 Å². The number of rotatable bonds is 48. The Morgan fingerprint density at radius 1 is 0.169 bits per heavy atom. The van der Waals surface area contributed by atoms with Gasteiger partial charge in [-0.05, 0) is 77.0 Å². The zero-order valence-corrected chi connectivity index (χ0v) is 60.6. The van der Waals surface area contributed by atoms with Gasteiger partial charge in [-0.3, -0.25) is 0 Å². The second-order valence-electron chi connectivity index (χ2n) is 11.4.